The summed E-state index contributed by atoms with van der Waals surface area (Å²) >= 11 is 0. The average Bonchev–Trinajstić information content (AvgIpc) is 2.58. The summed E-state index contributed by atoms with van der Waals surface area (Å²) in [5.74, 6) is 0.990. The normalized spacial score (nSPS) is 24.6. The molecular weight excluding hydrogens is 354 g/mol. The van der Waals surface area contributed by atoms with Crippen molar-refractivity contribution in [2.75, 3.05) is 7.11 Å². The molecule has 2 unspecified atom stereocenters. The molecule has 1 aromatic rings. The maximum atomic E-state index is 13.3. The van der Waals surface area contributed by atoms with E-state index in [0.717, 1.165) is 54.5 Å². The van der Waals surface area contributed by atoms with E-state index in [1.54, 1.807) is 7.11 Å². The molecule has 0 radical (unpaired) electrons. The van der Waals surface area contributed by atoms with Gasteiger partial charge < -0.3 is 14.4 Å². The second-order valence-electron chi connectivity index (χ2n) is 9.30. The Kier molecular flexibility index (Phi) is 5.74. The Morgan fingerprint density at radius 3 is 2.04 bits per heavy atom. The summed E-state index contributed by atoms with van der Waals surface area (Å²) in [6.07, 6.45) is 4.21. The summed E-state index contributed by atoms with van der Waals surface area (Å²) in [7, 11) is 1.66. The third kappa shape index (κ3) is 4.18. The van der Waals surface area contributed by atoms with Crippen molar-refractivity contribution in [3.63, 3.8) is 0 Å². The Balaban J connectivity index is 1.78. The van der Waals surface area contributed by atoms with Gasteiger partial charge in [0.1, 0.15) is 11.4 Å². The molecule has 0 spiro atoms. The van der Waals surface area contributed by atoms with Gasteiger partial charge in [-0.25, -0.2) is 4.79 Å². The summed E-state index contributed by atoms with van der Waals surface area (Å²) in [5.41, 5.74) is 2.22. The van der Waals surface area contributed by atoms with Gasteiger partial charge in [0.2, 0.25) is 0 Å². The average molecular weight is 388 g/mol. The van der Waals surface area contributed by atoms with Gasteiger partial charge in [0.25, 0.3) is 0 Å². The van der Waals surface area contributed by atoms with Crippen LogP contribution in [0.5, 0.6) is 5.75 Å². The molecule has 1 amide bonds. The smallest absolute Gasteiger partial charge is 0.410 e. The van der Waals surface area contributed by atoms with Crippen LogP contribution >= 0.6 is 0 Å². The number of Topliss-reactive ketones (excluding diaryl/α,β-unsaturated/α-hetero) is 1. The highest BCUT2D eigenvalue weighted by Crippen LogP contribution is 2.39. The lowest BCUT2D eigenvalue weighted by molar-refractivity contribution is -0.0260. The van der Waals surface area contributed by atoms with Crippen LogP contribution in [0.2, 0.25) is 0 Å². The van der Waals surface area contributed by atoms with E-state index in [1.165, 1.54) is 0 Å². The molecule has 0 N–H and O–H groups in total. The van der Waals surface area contributed by atoms with Gasteiger partial charge in [0.15, 0.2) is 5.78 Å². The van der Waals surface area contributed by atoms with Gasteiger partial charge in [0.05, 0.1) is 7.11 Å². The quantitative estimate of drug-likeness (QED) is 0.680. The molecule has 1 aromatic carbocycles. The van der Waals surface area contributed by atoms with E-state index in [2.05, 4.69) is 0 Å². The van der Waals surface area contributed by atoms with Crippen LogP contribution in [0.1, 0.15) is 74.4 Å². The third-order valence-corrected chi connectivity index (χ3v) is 5.90. The zero-order valence-electron chi connectivity index (χ0n) is 18.0. The number of piperidine rings is 2. The number of ether oxygens (including phenoxy) is 2. The Labute approximate surface area is 168 Å². The predicted molar refractivity (Wildman–Crippen MR) is 109 cm³/mol. The molecule has 28 heavy (non-hydrogen) atoms. The third-order valence-electron chi connectivity index (χ3n) is 5.90. The number of rotatable bonds is 3. The SMILES string of the molecule is COc1c(C)cc(C(=O)C2CC3CCCC(C2)N3C(=O)OC(C)(C)C)cc1C. The minimum absolute atomic E-state index is 0.0406. The monoisotopic (exact) mass is 387 g/mol. The maximum absolute atomic E-state index is 13.3. The van der Waals surface area contributed by atoms with Crippen molar-refractivity contribution in [2.24, 2.45) is 5.92 Å². The molecule has 2 atom stereocenters. The second kappa shape index (κ2) is 7.76. The molecule has 5 heteroatoms. The Morgan fingerprint density at radius 1 is 1.04 bits per heavy atom. The lowest BCUT2D eigenvalue weighted by Crippen LogP contribution is -2.56. The summed E-state index contributed by atoms with van der Waals surface area (Å²) < 4.78 is 11.1. The number of carbonyl (C=O) groups is 2. The first-order valence-corrected chi connectivity index (χ1v) is 10.3. The van der Waals surface area contributed by atoms with Crippen molar-refractivity contribution in [2.45, 2.75) is 84.4 Å². The van der Waals surface area contributed by atoms with Gasteiger partial charge in [-0.15, -0.1) is 0 Å². The predicted octanol–water partition coefficient (Wildman–Crippen LogP) is 5.06. The van der Waals surface area contributed by atoms with Crippen LogP contribution in [-0.2, 0) is 4.74 Å². The molecule has 154 valence electrons. The van der Waals surface area contributed by atoms with Crippen LogP contribution < -0.4 is 4.74 Å². The Hall–Kier alpha value is -2.04. The largest absolute Gasteiger partial charge is 0.496 e. The van der Waals surface area contributed by atoms with Gasteiger partial charge in [-0.2, -0.15) is 0 Å². The molecular formula is C23H33NO4. The molecule has 2 aliphatic heterocycles. The zero-order chi connectivity index (χ0) is 20.6. The van der Waals surface area contributed by atoms with Crippen LogP contribution in [0, 0.1) is 19.8 Å². The molecule has 2 saturated heterocycles. The van der Waals surface area contributed by atoms with Crippen LogP contribution in [-0.4, -0.2) is 41.6 Å². The first-order chi connectivity index (χ1) is 13.1. The Morgan fingerprint density at radius 2 is 1.57 bits per heavy atom. The molecule has 2 fully saturated rings. The highest BCUT2D eigenvalue weighted by molar-refractivity contribution is 5.98. The number of hydrogen-bond acceptors (Lipinski definition) is 4. The summed E-state index contributed by atoms with van der Waals surface area (Å²) in [6, 6.07) is 4.06. The molecule has 2 heterocycles. The second-order valence-corrected chi connectivity index (χ2v) is 9.30. The number of hydrogen-bond donors (Lipinski definition) is 0. The summed E-state index contributed by atoms with van der Waals surface area (Å²) in [6.45, 7) is 9.63. The molecule has 2 bridgehead atoms. The summed E-state index contributed by atoms with van der Waals surface area (Å²) in [5, 5.41) is 0. The molecule has 0 aliphatic carbocycles. The zero-order valence-corrected chi connectivity index (χ0v) is 18.0. The van der Waals surface area contributed by atoms with Crippen molar-refractivity contribution < 1.29 is 19.1 Å². The number of aryl methyl sites for hydroxylation is 2. The number of carbonyl (C=O) groups excluding carboxylic acids is 2. The van der Waals surface area contributed by atoms with E-state index in [9.17, 15) is 9.59 Å². The van der Waals surface area contributed by atoms with Crippen molar-refractivity contribution in [1.82, 2.24) is 4.90 Å². The molecule has 0 saturated carbocycles. The van der Waals surface area contributed by atoms with Crippen molar-refractivity contribution in [3.8, 4) is 5.75 Å². The minimum atomic E-state index is -0.504. The van der Waals surface area contributed by atoms with E-state index < -0.39 is 5.60 Å². The molecule has 3 rings (SSSR count). The Bertz CT molecular complexity index is 727. The number of nitrogens with zero attached hydrogens (tertiary/aromatic N) is 1. The standard InChI is InChI=1S/C23H33NO4/c1-14-10-16(11-15(2)21(14)27-6)20(25)17-12-18-8-7-9-19(13-17)24(18)22(26)28-23(3,4)5/h10-11,17-19H,7-9,12-13H2,1-6H3. The van der Waals surface area contributed by atoms with Crippen molar-refractivity contribution in [3.05, 3.63) is 28.8 Å². The summed E-state index contributed by atoms with van der Waals surface area (Å²) in [4.78, 5) is 27.9. The highest BCUT2D eigenvalue weighted by atomic mass is 16.6. The van der Waals surface area contributed by atoms with Crippen LogP contribution in [0.4, 0.5) is 4.79 Å². The van der Waals surface area contributed by atoms with E-state index in [-0.39, 0.29) is 29.9 Å². The molecule has 0 aromatic heterocycles. The first kappa shape index (κ1) is 20.7. The van der Waals surface area contributed by atoms with Crippen LogP contribution in [0.25, 0.3) is 0 Å². The number of fused-ring (bicyclic) bond motifs is 2. The fourth-order valence-corrected chi connectivity index (χ4v) is 4.86. The van der Waals surface area contributed by atoms with E-state index >= 15 is 0 Å². The number of methoxy groups -OCH3 is 1. The molecule has 2 aliphatic rings. The van der Waals surface area contributed by atoms with Crippen molar-refractivity contribution >= 4 is 11.9 Å². The van der Waals surface area contributed by atoms with Gasteiger partial charge in [-0.05, 0) is 90.0 Å². The van der Waals surface area contributed by atoms with Crippen molar-refractivity contribution in [1.29, 1.82) is 0 Å². The lowest BCUT2D eigenvalue weighted by atomic mass is 9.75. The lowest BCUT2D eigenvalue weighted by Gasteiger charge is -2.48. The van der Waals surface area contributed by atoms with Gasteiger partial charge in [-0.3, -0.25) is 4.79 Å². The van der Waals surface area contributed by atoms with Crippen LogP contribution in [0.15, 0.2) is 12.1 Å². The number of amides is 1. The van der Waals surface area contributed by atoms with E-state index in [0.29, 0.717) is 0 Å². The highest BCUT2D eigenvalue weighted by Gasteiger charge is 2.44. The number of ketones is 1. The fourth-order valence-electron chi connectivity index (χ4n) is 4.86. The minimum Gasteiger partial charge on any atom is -0.496 e. The van der Waals surface area contributed by atoms with Crippen LogP contribution in [0.3, 0.4) is 0 Å². The first-order valence-electron chi connectivity index (χ1n) is 10.3. The van der Waals surface area contributed by atoms with Gasteiger partial charge in [-0.1, -0.05) is 0 Å². The van der Waals surface area contributed by atoms with E-state index in [1.807, 2.05) is 51.7 Å². The maximum Gasteiger partial charge on any atom is 0.410 e. The van der Waals surface area contributed by atoms with Gasteiger partial charge >= 0.3 is 6.09 Å². The fraction of sp³-hybridized carbons (Fsp3) is 0.652. The topological polar surface area (TPSA) is 55.8 Å². The molecule has 5 nitrogen and oxygen atoms in total. The van der Waals surface area contributed by atoms with Gasteiger partial charge in [0, 0.05) is 23.6 Å². The van der Waals surface area contributed by atoms with E-state index in [4.69, 9.17) is 9.47 Å². The number of benzene rings is 1.